The largest absolute Gasteiger partial charge is 0.493 e. The molecule has 4 aromatic carbocycles. The predicted octanol–water partition coefficient (Wildman–Crippen LogP) is 11.1. The highest BCUT2D eigenvalue weighted by Gasteiger charge is 2.23. The fourth-order valence-corrected chi connectivity index (χ4v) is 6.38. The summed E-state index contributed by atoms with van der Waals surface area (Å²) in [5, 5.41) is 0. The Labute approximate surface area is 279 Å². The fourth-order valence-electron chi connectivity index (χ4n) is 5.07. The molecule has 246 valence electrons. The van der Waals surface area contributed by atoms with E-state index in [1.807, 2.05) is 38.1 Å². The summed E-state index contributed by atoms with van der Waals surface area (Å²) in [5.41, 5.74) is 8.38. The number of rotatable bonds is 11. The second-order valence-electron chi connectivity index (χ2n) is 13.7. The second kappa shape index (κ2) is 14.5. The summed E-state index contributed by atoms with van der Waals surface area (Å²) < 4.78 is 36.7. The number of aryl methyl sites for hydroxylation is 4. The zero-order valence-electron chi connectivity index (χ0n) is 29.2. The molecule has 2 atom stereocenters. The maximum Gasteiger partial charge on any atom is 0.275 e. The van der Waals surface area contributed by atoms with Crippen LogP contribution in [0.5, 0.6) is 34.5 Å². The normalized spacial score (nSPS) is 12.2. The van der Waals surface area contributed by atoms with Crippen LogP contribution in [-0.4, -0.2) is 14.2 Å². The van der Waals surface area contributed by atoms with Gasteiger partial charge in [-0.25, -0.2) is 0 Å². The highest BCUT2D eigenvalue weighted by molar-refractivity contribution is 7.27. The van der Waals surface area contributed by atoms with Gasteiger partial charge < -0.3 is 27.6 Å². The van der Waals surface area contributed by atoms with Crippen molar-refractivity contribution in [1.82, 2.24) is 0 Å². The molecular formula is C38H48O6P2. The number of hydrogen-bond donors (Lipinski definition) is 0. The minimum absolute atomic E-state index is 0.0578. The van der Waals surface area contributed by atoms with Gasteiger partial charge in [-0.1, -0.05) is 65.8 Å². The van der Waals surface area contributed by atoms with Crippen LogP contribution in [0, 0.1) is 27.7 Å². The molecule has 46 heavy (non-hydrogen) atoms. The van der Waals surface area contributed by atoms with E-state index in [9.17, 15) is 0 Å². The smallest absolute Gasteiger partial charge is 0.275 e. The lowest BCUT2D eigenvalue weighted by atomic mass is 9.86. The van der Waals surface area contributed by atoms with Crippen molar-refractivity contribution in [3.63, 3.8) is 0 Å². The van der Waals surface area contributed by atoms with Gasteiger partial charge in [-0.3, -0.25) is 0 Å². The molecule has 0 bridgehead atoms. The van der Waals surface area contributed by atoms with Crippen molar-refractivity contribution in [1.29, 1.82) is 0 Å². The molecular weight excluding hydrogens is 614 g/mol. The van der Waals surface area contributed by atoms with Crippen LogP contribution in [0.15, 0.2) is 60.7 Å². The summed E-state index contributed by atoms with van der Waals surface area (Å²) in [6.07, 6.45) is 0. The minimum atomic E-state index is -0.304. The van der Waals surface area contributed by atoms with Crippen LogP contribution in [0.1, 0.15) is 74.9 Å². The molecule has 0 saturated carbocycles. The van der Waals surface area contributed by atoms with Gasteiger partial charge in [-0.05, 0) is 108 Å². The third-order valence-electron chi connectivity index (χ3n) is 7.80. The molecule has 8 heteroatoms. The molecule has 4 rings (SSSR count). The van der Waals surface area contributed by atoms with Crippen molar-refractivity contribution >= 4 is 18.1 Å². The monoisotopic (exact) mass is 662 g/mol. The van der Waals surface area contributed by atoms with E-state index in [-0.39, 0.29) is 28.9 Å². The van der Waals surface area contributed by atoms with Crippen LogP contribution in [0.4, 0.5) is 0 Å². The molecule has 0 fully saturated rings. The molecule has 0 saturated heterocycles. The van der Waals surface area contributed by atoms with E-state index in [4.69, 9.17) is 27.6 Å². The van der Waals surface area contributed by atoms with Gasteiger partial charge in [0.2, 0.25) is 0 Å². The molecule has 0 heterocycles. The Hall–Kier alpha value is -3.46. The second-order valence-corrected chi connectivity index (χ2v) is 14.9. The van der Waals surface area contributed by atoms with Crippen LogP contribution >= 0.6 is 18.1 Å². The van der Waals surface area contributed by atoms with Crippen molar-refractivity contribution in [2.45, 2.75) is 80.1 Å². The molecule has 0 aliphatic carbocycles. The number of ether oxygens (including phenoxy) is 2. The Morgan fingerprint density at radius 1 is 0.457 bits per heavy atom. The average Bonchev–Trinajstić information content (AvgIpc) is 2.98. The molecule has 0 radical (unpaired) electrons. The molecule has 0 aliphatic heterocycles. The highest BCUT2D eigenvalue weighted by Crippen LogP contribution is 2.49. The van der Waals surface area contributed by atoms with E-state index in [2.05, 4.69) is 91.8 Å². The van der Waals surface area contributed by atoms with E-state index >= 15 is 0 Å². The molecule has 0 aromatic heterocycles. The lowest BCUT2D eigenvalue weighted by Gasteiger charge is -2.22. The van der Waals surface area contributed by atoms with Gasteiger partial charge in [0.05, 0.1) is 14.2 Å². The third kappa shape index (κ3) is 8.46. The average molecular weight is 663 g/mol. The standard InChI is InChI=1S/C38H48O6P2/c1-23-17-29(35(33(19-23)39-11)43-45-41-31-15-13-27(21-25(31)3)37(5,6)7)30-18-24(2)20-34(40-12)36(30)44-46-42-32-16-14-28(22-26(32)4)38(8,9)10/h13-22,45-46H,1-12H3. The van der Waals surface area contributed by atoms with Crippen molar-refractivity contribution in [3.05, 3.63) is 94.0 Å². The first kappa shape index (κ1) is 35.4. The van der Waals surface area contributed by atoms with Gasteiger partial charge >= 0.3 is 0 Å². The number of benzene rings is 4. The zero-order chi connectivity index (χ0) is 33.8. The Kier molecular flexibility index (Phi) is 11.2. The molecule has 6 nitrogen and oxygen atoms in total. The summed E-state index contributed by atoms with van der Waals surface area (Å²) in [7, 11) is 2.67. The van der Waals surface area contributed by atoms with E-state index in [0.717, 1.165) is 44.9 Å². The molecule has 0 spiro atoms. The Balaban J connectivity index is 1.64. The topological polar surface area (TPSA) is 55.4 Å². The quantitative estimate of drug-likeness (QED) is 0.149. The van der Waals surface area contributed by atoms with Gasteiger partial charge in [0.25, 0.3) is 18.1 Å². The van der Waals surface area contributed by atoms with Crippen LogP contribution in [0.25, 0.3) is 11.1 Å². The lowest BCUT2D eigenvalue weighted by Crippen LogP contribution is -2.11. The molecule has 0 aliphatic rings. The SMILES string of the molecule is COc1cc(C)cc(-c2cc(C)cc(OC)c2OPOc2ccc(C(C)(C)C)cc2C)c1OPOc1ccc(C(C)(C)C)cc1C. The molecule has 4 aromatic rings. The van der Waals surface area contributed by atoms with E-state index < -0.39 is 0 Å². The Morgan fingerprint density at radius 2 is 0.826 bits per heavy atom. The van der Waals surface area contributed by atoms with Crippen LogP contribution < -0.4 is 27.6 Å². The van der Waals surface area contributed by atoms with Crippen molar-refractivity contribution in [2.24, 2.45) is 0 Å². The van der Waals surface area contributed by atoms with Crippen molar-refractivity contribution in [2.75, 3.05) is 14.2 Å². The minimum Gasteiger partial charge on any atom is -0.493 e. The third-order valence-corrected chi connectivity index (χ3v) is 8.98. The highest BCUT2D eigenvalue weighted by atomic mass is 31.1. The van der Waals surface area contributed by atoms with E-state index in [1.165, 1.54) is 11.1 Å². The summed E-state index contributed by atoms with van der Waals surface area (Å²) in [6.45, 7) is 21.4. The first-order chi connectivity index (χ1) is 21.6. The summed E-state index contributed by atoms with van der Waals surface area (Å²) >= 11 is 0. The Morgan fingerprint density at radius 3 is 1.13 bits per heavy atom. The van der Waals surface area contributed by atoms with Crippen LogP contribution in [-0.2, 0) is 10.8 Å². The van der Waals surface area contributed by atoms with Crippen molar-refractivity contribution < 1.29 is 27.6 Å². The van der Waals surface area contributed by atoms with Crippen LogP contribution in [0.2, 0.25) is 0 Å². The predicted molar refractivity (Wildman–Crippen MR) is 193 cm³/mol. The maximum atomic E-state index is 6.38. The number of hydrogen-bond acceptors (Lipinski definition) is 6. The van der Waals surface area contributed by atoms with E-state index in [1.54, 1.807) is 14.2 Å². The van der Waals surface area contributed by atoms with Gasteiger partial charge in [0, 0.05) is 11.1 Å². The van der Waals surface area contributed by atoms with Gasteiger partial charge in [0.1, 0.15) is 11.5 Å². The first-order valence-corrected chi connectivity index (χ1v) is 17.0. The summed E-state index contributed by atoms with van der Waals surface area (Å²) in [5.74, 6) is 3.89. The van der Waals surface area contributed by atoms with Gasteiger partial charge in [0.15, 0.2) is 23.0 Å². The number of methoxy groups -OCH3 is 2. The van der Waals surface area contributed by atoms with Crippen molar-refractivity contribution in [3.8, 4) is 45.6 Å². The summed E-state index contributed by atoms with van der Waals surface area (Å²) in [4.78, 5) is 0. The zero-order valence-corrected chi connectivity index (χ0v) is 31.2. The lowest BCUT2D eigenvalue weighted by molar-refractivity contribution is 0.391. The Bertz CT molecular complexity index is 1560. The summed E-state index contributed by atoms with van der Waals surface area (Å²) in [6, 6.07) is 20.6. The molecule has 2 unspecified atom stereocenters. The molecule has 0 amide bonds. The van der Waals surface area contributed by atoms with Gasteiger partial charge in [-0.2, -0.15) is 0 Å². The first-order valence-electron chi connectivity index (χ1n) is 15.4. The van der Waals surface area contributed by atoms with E-state index in [0.29, 0.717) is 23.0 Å². The maximum absolute atomic E-state index is 6.38. The van der Waals surface area contributed by atoms with Crippen LogP contribution in [0.3, 0.4) is 0 Å². The van der Waals surface area contributed by atoms with Gasteiger partial charge in [-0.15, -0.1) is 0 Å². The fraction of sp³-hybridized carbons (Fsp3) is 0.368. The molecule has 0 N–H and O–H groups in total.